The Morgan fingerprint density at radius 1 is 0.963 bits per heavy atom. The van der Waals surface area contributed by atoms with Gasteiger partial charge in [-0.25, -0.2) is 0 Å². The molecule has 2 rings (SSSR count). The lowest BCUT2D eigenvalue weighted by Gasteiger charge is -2.17. The molecule has 0 amide bonds. The van der Waals surface area contributed by atoms with E-state index in [-0.39, 0.29) is 0 Å². The van der Waals surface area contributed by atoms with Gasteiger partial charge in [0.25, 0.3) is 0 Å². The van der Waals surface area contributed by atoms with E-state index in [1.54, 1.807) is 0 Å². The third kappa shape index (κ3) is 5.31. The molecule has 0 unspecified atom stereocenters. The molecule has 2 aromatic rings. The molecule has 0 heterocycles. The van der Waals surface area contributed by atoms with Gasteiger partial charge in [0.05, 0.1) is 16.9 Å². The molecule has 0 saturated carbocycles. The van der Waals surface area contributed by atoms with Crippen molar-refractivity contribution in [2.45, 2.75) is 53.4 Å². The summed E-state index contributed by atoms with van der Waals surface area (Å²) >= 11 is 0. The van der Waals surface area contributed by atoms with Crippen molar-refractivity contribution in [3.63, 3.8) is 0 Å². The van der Waals surface area contributed by atoms with Crippen molar-refractivity contribution in [2.24, 2.45) is 4.99 Å². The minimum Gasteiger partial charge on any atom is -0.358 e. The van der Waals surface area contributed by atoms with Crippen molar-refractivity contribution in [1.82, 2.24) is 0 Å². The molecule has 0 aromatic heterocycles. The first-order valence-corrected chi connectivity index (χ1v) is 9.46. The van der Waals surface area contributed by atoms with E-state index in [0.717, 1.165) is 22.8 Å². The smallest absolute Gasteiger partial charge is 0.101 e. The maximum atomic E-state index is 9.24. The summed E-state index contributed by atoms with van der Waals surface area (Å²) in [5.41, 5.74) is 6.96. The second-order valence-electron chi connectivity index (χ2n) is 7.46. The third-order valence-corrected chi connectivity index (χ3v) is 4.44. The van der Waals surface area contributed by atoms with E-state index in [1.165, 1.54) is 11.1 Å². The van der Waals surface area contributed by atoms with Crippen molar-refractivity contribution in [1.29, 1.82) is 5.26 Å². The van der Waals surface area contributed by atoms with Gasteiger partial charge in [-0.3, -0.25) is 4.99 Å². The molecule has 2 aromatic carbocycles. The summed E-state index contributed by atoms with van der Waals surface area (Å²) in [6.07, 6.45) is 2.02. The molecule has 0 fully saturated rings. The molecule has 3 heteroatoms. The second-order valence-corrected chi connectivity index (χ2v) is 7.46. The first kappa shape index (κ1) is 20.5. The van der Waals surface area contributed by atoms with Crippen LogP contribution in [0, 0.1) is 11.3 Å². The predicted octanol–water partition coefficient (Wildman–Crippen LogP) is 6.91. The van der Waals surface area contributed by atoms with Gasteiger partial charge in [-0.05, 0) is 55.0 Å². The maximum absolute atomic E-state index is 9.24. The Kier molecular flexibility index (Phi) is 6.96. The van der Waals surface area contributed by atoms with Gasteiger partial charge in [0.15, 0.2) is 0 Å². The maximum Gasteiger partial charge on any atom is 0.101 e. The zero-order valence-electron chi connectivity index (χ0n) is 17.2. The lowest BCUT2D eigenvalue weighted by Crippen LogP contribution is -2.01. The normalized spacial score (nSPS) is 12.4. The van der Waals surface area contributed by atoms with Crippen LogP contribution < -0.4 is 5.32 Å². The van der Waals surface area contributed by atoms with Crippen LogP contribution in [0.5, 0.6) is 0 Å². The van der Waals surface area contributed by atoms with Gasteiger partial charge in [-0.2, -0.15) is 5.26 Å². The highest BCUT2D eigenvalue weighted by molar-refractivity contribution is 5.96. The zero-order valence-corrected chi connectivity index (χ0v) is 17.2. The molecule has 0 bridgehead atoms. The lowest BCUT2D eigenvalue weighted by atomic mass is 9.93. The Bertz CT molecular complexity index is 870. The summed E-state index contributed by atoms with van der Waals surface area (Å²) in [5, 5.41) is 12.6. The number of nitrogens with one attached hydrogen (secondary N) is 1. The highest BCUT2D eigenvalue weighted by atomic mass is 14.9. The van der Waals surface area contributed by atoms with E-state index in [4.69, 9.17) is 4.99 Å². The topological polar surface area (TPSA) is 48.2 Å². The van der Waals surface area contributed by atoms with Crippen LogP contribution in [0.4, 0.5) is 11.4 Å². The molecular weight excluding hydrogens is 330 g/mol. The van der Waals surface area contributed by atoms with E-state index < -0.39 is 0 Å². The Labute approximate surface area is 163 Å². The van der Waals surface area contributed by atoms with Crippen molar-refractivity contribution in [3.8, 4) is 6.07 Å². The van der Waals surface area contributed by atoms with Gasteiger partial charge >= 0.3 is 0 Å². The number of nitrogens with zero attached hydrogens (tertiary/aromatic N) is 2. The van der Waals surface area contributed by atoms with E-state index in [2.05, 4.69) is 57.3 Å². The molecule has 0 aliphatic heterocycles. The molecule has 0 saturated heterocycles. The fourth-order valence-corrected chi connectivity index (χ4v) is 3.10. The minimum atomic E-state index is 0.418. The van der Waals surface area contributed by atoms with E-state index >= 15 is 0 Å². The number of rotatable bonds is 6. The molecule has 0 aliphatic carbocycles. The number of nitriles is 1. The summed E-state index contributed by atoms with van der Waals surface area (Å²) < 4.78 is 0. The SMILES string of the molecule is CC(/C=C(/C)Nc1ccccc1C#N)=Nc1c(C(C)C)cccc1C(C)C. The zero-order chi connectivity index (χ0) is 20.0. The summed E-state index contributed by atoms with van der Waals surface area (Å²) in [6.45, 7) is 12.8. The Hall–Kier alpha value is -2.86. The van der Waals surface area contributed by atoms with Crippen LogP contribution in [0.15, 0.2) is 59.2 Å². The van der Waals surface area contributed by atoms with Gasteiger partial charge in [0.1, 0.15) is 6.07 Å². The van der Waals surface area contributed by atoms with E-state index in [0.29, 0.717) is 17.4 Å². The average molecular weight is 360 g/mol. The van der Waals surface area contributed by atoms with Crippen LogP contribution >= 0.6 is 0 Å². The lowest BCUT2D eigenvalue weighted by molar-refractivity contribution is 0.834. The highest BCUT2D eigenvalue weighted by Gasteiger charge is 2.13. The molecular formula is C24H29N3. The van der Waals surface area contributed by atoms with Crippen LogP contribution in [0.1, 0.15) is 70.1 Å². The van der Waals surface area contributed by atoms with Crippen LogP contribution in [-0.2, 0) is 0 Å². The van der Waals surface area contributed by atoms with Crippen molar-refractivity contribution in [2.75, 3.05) is 5.32 Å². The van der Waals surface area contributed by atoms with E-state index in [1.807, 2.05) is 44.2 Å². The van der Waals surface area contributed by atoms with Gasteiger partial charge in [0.2, 0.25) is 0 Å². The molecule has 0 aliphatic rings. The second kappa shape index (κ2) is 9.19. The third-order valence-electron chi connectivity index (χ3n) is 4.44. The minimum absolute atomic E-state index is 0.418. The van der Waals surface area contributed by atoms with Gasteiger partial charge in [-0.15, -0.1) is 0 Å². The monoisotopic (exact) mass is 359 g/mol. The molecule has 1 N–H and O–H groups in total. The molecule has 0 radical (unpaired) electrons. The highest BCUT2D eigenvalue weighted by Crippen LogP contribution is 2.34. The predicted molar refractivity (Wildman–Crippen MR) is 116 cm³/mol. The fourth-order valence-electron chi connectivity index (χ4n) is 3.10. The van der Waals surface area contributed by atoms with Crippen LogP contribution in [0.25, 0.3) is 0 Å². The van der Waals surface area contributed by atoms with Crippen molar-refractivity contribution >= 4 is 17.1 Å². The Morgan fingerprint density at radius 3 is 2.11 bits per heavy atom. The number of benzene rings is 2. The molecule has 0 atom stereocenters. The quantitative estimate of drug-likeness (QED) is 0.569. The molecule has 0 spiro atoms. The van der Waals surface area contributed by atoms with Crippen LogP contribution in [0.3, 0.4) is 0 Å². The molecule has 140 valence electrons. The number of anilines is 1. The van der Waals surface area contributed by atoms with Crippen LogP contribution in [0.2, 0.25) is 0 Å². The summed E-state index contributed by atoms with van der Waals surface area (Å²) in [7, 11) is 0. The van der Waals surface area contributed by atoms with Gasteiger partial charge in [0, 0.05) is 11.4 Å². The molecule has 27 heavy (non-hydrogen) atoms. The fraction of sp³-hybridized carbons (Fsp3) is 0.333. The van der Waals surface area contributed by atoms with E-state index in [9.17, 15) is 5.26 Å². The largest absolute Gasteiger partial charge is 0.358 e. The summed E-state index contributed by atoms with van der Waals surface area (Å²) in [6, 6.07) is 16.2. The summed E-state index contributed by atoms with van der Waals surface area (Å²) in [5.74, 6) is 0.835. The molecule has 3 nitrogen and oxygen atoms in total. The number of allylic oxidation sites excluding steroid dienone is 2. The first-order chi connectivity index (χ1) is 12.8. The number of para-hydroxylation sites is 2. The number of hydrogen-bond acceptors (Lipinski definition) is 3. The first-order valence-electron chi connectivity index (χ1n) is 9.46. The Morgan fingerprint density at radius 2 is 1.56 bits per heavy atom. The average Bonchev–Trinajstić information content (AvgIpc) is 2.61. The van der Waals surface area contributed by atoms with Crippen molar-refractivity contribution < 1.29 is 0 Å². The van der Waals surface area contributed by atoms with Crippen molar-refractivity contribution in [3.05, 3.63) is 70.9 Å². The summed E-state index contributed by atoms with van der Waals surface area (Å²) in [4.78, 5) is 4.96. The number of hydrogen-bond donors (Lipinski definition) is 1. The van der Waals surface area contributed by atoms with Gasteiger partial charge < -0.3 is 5.32 Å². The standard InChI is InChI=1S/C24H29N3/c1-16(2)21-11-9-12-22(17(3)4)24(21)27-19(6)14-18(5)26-23-13-8-7-10-20(23)15-25/h7-14,16-17,26H,1-6H3/b18-14-,27-19?. The Balaban J connectivity index is 2.37. The number of aliphatic imine (C=N–C) groups is 1. The van der Waals surface area contributed by atoms with Gasteiger partial charge in [-0.1, -0.05) is 58.0 Å². The van der Waals surface area contributed by atoms with Crippen LogP contribution in [-0.4, -0.2) is 5.71 Å².